The van der Waals surface area contributed by atoms with Gasteiger partial charge in [-0.3, -0.25) is 4.79 Å². The molecule has 0 atom stereocenters. The molecule has 0 aliphatic carbocycles. The maximum atomic E-state index is 12.8. The third-order valence-electron chi connectivity index (χ3n) is 4.17. The minimum Gasteiger partial charge on any atom is -0.339 e. The summed E-state index contributed by atoms with van der Waals surface area (Å²) in [5.41, 5.74) is 7.20. The van der Waals surface area contributed by atoms with Gasteiger partial charge in [0.15, 0.2) is 5.82 Å². The Hall–Kier alpha value is -2.21. The minimum absolute atomic E-state index is 0.00297. The minimum atomic E-state index is -0.00297. The van der Waals surface area contributed by atoms with Crippen LogP contribution in [0.15, 0.2) is 28.8 Å². The second-order valence-corrected chi connectivity index (χ2v) is 6.29. The number of likely N-dealkylation sites (tertiary alicyclic amines) is 1. The molecule has 23 heavy (non-hydrogen) atoms. The van der Waals surface area contributed by atoms with Gasteiger partial charge in [-0.1, -0.05) is 31.1 Å². The molecule has 122 valence electrons. The lowest BCUT2D eigenvalue weighted by Crippen LogP contribution is -2.43. The number of rotatable bonds is 3. The molecule has 1 aromatic carbocycles. The molecule has 1 saturated heterocycles. The van der Waals surface area contributed by atoms with Crippen molar-refractivity contribution in [1.82, 2.24) is 15.0 Å². The number of benzene rings is 1. The number of hydrogen-bond donors (Lipinski definition) is 1. The van der Waals surface area contributed by atoms with Gasteiger partial charge in [0, 0.05) is 25.0 Å². The van der Waals surface area contributed by atoms with Gasteiger partial charge in [0.1, 0.15) is 0 Å². The van der Waals surface area contributed by atoms with Gasteiger partial charge in [0.2, 0.25) is 0 Å². The molecule has 1 aliphatic heterocycles. The highest BCUT2D eigenvalue weighted by molar-refractivity contribution is 6.00. The average molecular weight is 314 g/mol. The highest BCUT2D eigenvalue weighted by atomic mass is 16.5. The quantitative estimate of drug-likeness (QED) is 0.940. The third kappa shape index (κ3) is 3.27. The molecule has 0 bridgehead atoms. The summed E-state index contributed by atoms with van der Waals surface area (Å²) in [6.07, 6.45) is 1.68. The van der Waals surface area contributed by atoms with E-state index in [0.29, 0.717) is 35.9 Å². The van der Waals surface area contributed by atoms with E-state index in [1.165, 1.54) is 0 Å². The van der Waals surface area contributed by atoms with Crippen LogP contribution < -0.4 is 5.73 Å². The smallest absolute Gasteiger partial charge is 0.258 e. The first kappa shape index (κ1) is 15.7. The van der Waals surface area contributed by atoms with Crippen molar-refractivity contribution in [2.24, 2.45) is 5.73 Å². The van der Waals surface area contributed by atoms with Gasteiger partial charge in [-0.25, -0.2) is 0 Å². The van der Waals surface area contributed by atoms with Crippen molar-refractivity contribution in [3.8, 4) is 11.5 Å². The number of carbonyl (C=O) groups is 1. The highest BCUT2D eigenvalue weighted by Gasteiger charge is 2.25. The SMILES string of the molecule is CC(C)c1noc(-c2ccccc2C(=O)N2CCC(N)CC2)n1. The molecule has 1 amide bonds. The van der Waals surface area contributed by atoms with Crippen LogP contribution in [0.4, 0.5) is 0 Å². The number of nitrogens with two attached hydrogens (primary N) is 1. The molecular weight excluding hydrogens is 292 g/mol. The molecular formula is C17H22N4O2. The van der Waals surface area contributed by atoms with E-state index < -0.39 is 0 Å². The summed E-state index contributed by atoms with van der Waals surface area (Å²) in [4.78, 5) is 19.1. The van der Waals surface area contributed by atoms with Crippen molar-refractivity contribution in [1.29, 1.82) is 0 Å². The predicted octanol–water partition coefficient (Wildman–Crippen LogP) is 2.42. The topological polar surface area (TPSA) is 85.2 Å². The first-order chi connectivity index (χ1) is 11.1. The Morgan fingerprint density at radius 2 is 2.00 bits per heavy atom. The maximum absolute atomic E-state index is 12.8. The van der Waals surface area contributed by atoms with Crippen LogP contribution in [0.5, 0.6) is 0 Å². The van der Waals surface area contributed by atoms with E-state index >= 15 is 0 Å². The number of amides is 1. The largest absolute Gasteiger partial charge is 0.339 e. The predicted molar refractivity (Wildman–Crippen MR) is 86.9 cm³/mol. The Balaban J connectivity index is 1.89. The summed E-state index contributed by atoms with van der Waals surface area (Å²) < 4.78 is 5.36. The number of nitrogens with zero attached hydrogens (tertiary/aromatic N) is 3. The molecule has 1 aliphatic rings. The van der Waals surface area contributed by atoms with Crippen molar-refractivity contribution in [2.75, 3.05) is 13.1 Å². The second kappa shape index (κ2) is 6.50. The van der Waals surface area contributed by atoms with Gasteiger partial charge in [0.05, 0.1) is 11.1 Å². The van der Waals surface area contributed by atoms with Gasteiger partial charge in [-0.2, -0.15) is 4.98 Å². The third-order valence-corrected chi connectivity index (χ3v) is 4.17. The zero-order chi connectivity index (χ0) is 16.4. The van der Waals surface area contributed by atoms with E-state index in [2.05, 4.69) is 10.1 Å². The van der Waals surface area contributed by atoms with Gasteiger partial charge in [-0.05, 0) is 25.0 Å². The molecule has 1 fully saturated rings. The average Bonchev–Trinajstić information content (AvgIpc) is 3.05. The highest BCUT2D eigenvalue weighted by Crippen LogP contribution is 2.25. The number of aromatic nitrogens is 2. The van der Waals surface area contributed by atoms with Crippen LogP contribution in [0.25, 0.3) is 11.5 Å². The van der Waals surface area contributed by atoms with Crippen LogP contribution >= 0.6 is 0 Å². The summed E-state index contributed by atoms with van der Waals surface area (Å²) in [6, 6.07) is 7.58. The van der Waals surface area contributed by atoms with Crippen molar-refractivity contribution in [2.45, 2.75) is 38.6 Å². The Morgan fingerprint density at radius 1 is 1.30 bits per heavy atom. The lowest BCUT2D eigenvalue weighted by Gasteiger charge is -2.30. The normalized spacial score (nSPS) is 16.1. The lowest BCUT2D eigenvalue weighted by molar-refractivity contribution is 0.0715. The lowest BCUT2D eigenvalue weighted by atomic mass is 10.0. The molecule has 6 nitrogen and oxygen atoms in total. The second-order valence-electron chi connectivity index (χ2n) is 6.29. The fourth-order valence-electron chi connectivity index (χ4n) is 2.71. The van der Waals surface area contributed by atoms with Crippen molar-refractivity contribution in [3.63, 3.8) is 0 Å². The molecule has 0 saturated carbocycles. The number of piperidine rings is 1. The van der Waals surface area contributed by atoms with Crippen LogP contribution in [0.3, 0.4) is 0 Å². The molecule has 2 aromatic rings. The Kier molecular flexibility index (Phi) is 4.43. The molecule has 2 heterocycles. The molecule has 3 rings (SSSR count). The van der Waals surface area contributed by atoms with Gasteiger partial charge >= 0.3 is 0 Å². The van der Waals surface area contributed by atoms with E-state index in [1.807, 2.05) is 43.0 Å². The van der Waals surface area contributed by atoms with E-state index in [4.69, 9.17) is 10.3 Å². The molecule has 6 heteroatoms. The van der Waals surface area contributed by atoms with E-state index in [0.717, 1.165) is 12.8 Å². The fourth-order valence-corrected chi connectivity index (χ4v) is 2.71. The number of carbonyl (C=O) groups excluding carboxylic acids is 1. The Morgan fingerprint density at radius 3 is 2.65 bits per heavy atom. The summed E-state index contributed by atoms with van der Waals surface area (Å²) in [5, 5.41) is 3.99. The van der Waals surface area contributed by atoms with E-state index in [-0.39, 0.29) is 17.9 Å². The van der Waals surface area contributed by atoms with Crippen molar-refractivity contribution >= 4 is 5.91 Å². The number of hydrogen-bond acceptors (Lipinski definition) is 5. The van der Waals surface area contributed by atoms with Gasteiger partial charge < -0.3 is 15.2 Å². The first-order valence-corrected chi connectivity index (χ1v) is 8.04. The van der Waals surface area contributed by atoms with Crippen LogP contribution in [0, 0.1) is 0 Å². The zero-order valence-corrected chi connectivity index (χ0v) is 13.5. The Bertz CT molecular complexity index is 687. The molecule has 1 aromatic heterocycles. The monoisotopic (exact) mass is 314 g/mol. The van der Waals surface area contributed by atoms with E-state index in [1.54, 1.807) is 0 Å². The summed E-state index contributed by atoms with van der Waals surface area (Å²) >= 11 is 0. The molecule has 0 spiro atoms. The van der Waals surface area contributed by atoms with Crippen LogP contribution in [-0.2, 0) is 0 Å². The fraction of sp³-hybridized carbons (Fsp3) is 0.471. The van der Waals surface area contributed by atoms with Crippen LogP contribution in [0.1, 0.15) is 48.8 Å². The van der Waals surface area contributed by atoms with E-state index in [9.17, 15) is 4.79 Å². The van der Waals surface area contributed by atoms with Crippen LogP contribution in [-0.4, -0.2) is 40.1 Å². The molecule has 0 unspecified atom stereocenters. The molecule has 0 radical (unpaired) electrons. The van der Waals surface area contributed by atoms with Crippen molar-refractivity contribution < 1.29 is 9.32 Å². The van der Waals surface area contributed by atoms with Gasteiger partial charge in [0.25, 0.3) is 11.8 Å². The first-order valence-electron chi connectivity index (χ1n) is 8.04. The Labute approximate surface area is 135 Å². The standard InChI is InChI=1S/C17H22N4O2/c1-11(2)15-19-16(23-20-15)13-5-3-4-6-14(13)17(22)21-9-7-12(18)8-10-21/h3-6,11-12H,7-10,18H2,1-2H3. The molecule has 2 N–H and O–H groups in total. The van der Waals surface area contributed by atoms with Crippen molar-refractivity contribution in [3.05, 3.63) is 35.7 Å². The summed E-state index contributed by atoms with van der Waals surface area (Å²) in [7, 11) is 0. The summed E-state index contributed by atoms with van der Waals surface area (Å²) in [5.74, 6) is 1.22. The summed E-state index contributed by atoms with van der Waals surface area (Å²) in [6.45, 7) is 5.39. The van der Waals surface area contributed by atoms with Crippen LogP contribution in [0.2, 0.25) is 0 Å². The maximum Gasteiger partial charge on any atom is 0.258 e. The zero-order valence-electron chi connectivity index (χ0n) is 13.5. The van der Waals surface area contributed by atoms with Gasteiger partial charge in [-0.15, -0.1) is 0 Å².